The molecule has 110 valence electrons. The van der Waals surface area contributed by atoms with Gasteiger partial charge in [0.2, 0.25) is 0 Å². The van der Waals surface area contributed by atoms with E-state index in [0.717, 1.165) is 29.4 Å². The molecule has 0 spiro atoms. The molecule has 0 bridgehead atoms. The monoisotopic (exact) mass is 292 g/mol. The summed E-state index contributed by atoms with van der Waals surface area (Å²) in [5.74, 6) is 0.788. The first-order valence-electron chi connectivity index (χ1n) is 7.50. The van der Waals surface area contributed by atoms with Crippen LogP contribution in [-0.4, -0.2) is 21.8 Å². The molecule has 1 aliphatic rings. The number of furan rings is 1. The third-order valence-electron chi connectivity index (χ3n) is 4.03. The number of hydrogen-bond donors (Lipinski definition) is 0. The maximum Gasteiger partial charge on any atom is 0.273 e. The molecule has 0 saturated heterocycles. The van der Waals surface area contributed by atoms with E-state index < -0.39 is 0 Å². The summed E-state index contributed by atoms with van der Waals surface area (Å²) in [5.41, 5.74) is 0.525. The van der Waals surface area contributed by atoms with Gasteiger partial charge in [0.25, 0.3) is 5.91 Å². The number of benzene rings is 1. The Balaban J connectivity index is 1.71. The predicted molar refractivity (Wildman–Crippen MR) is 83.3 cm³/mol. The molecule has 0 N–H and O–H groups in total. The zero-order valence-corrected chi connectivity index (χ0v) is 12.1. The van der Waals surface area contributed by atoms with Gasteiger partial charge in [-0.05, 0) is 36.4 Å². The first-order chi connectivity index (χ1) is 10.8. The topological polar surface area (TPSA) is 46.3 Å². The third-order valence-corrected chi connectivity index (χ3v) is 4.03. The lowest BCUT2D eigenvalue weighted by Gasteiger charge is -2.21. The number of amides is 1. The number of nitrogens with zero attached hydrogens (tertiary/aromatic N) is 2. The summed E-state index contributed by atoms with van der Waals surface area (Å²) in [5, 5.41) is 1.94. The Morgan fingerprint density at radius 2 is 2.05 bits per heavy atom. The summed E-state index contributed by atoms with van der Waals surface area (Å²) in [6.07, 6.45) is 5.45. The minimum atomic E-state index is -0.0179. The molecule has 22 heavy (non-hydrogen) atoms. The van der Waals surface area contributed by atoms with Crippen LogP contribution in [0.4, 0.5) is 0 Å². The molecule has 4 heteroatoms. The Kier molecular flexibility index (Phi) is 3.15. The zero-order valence-electron chi connectivity index (χ0n) is 12.1. The van der Waals surface area contributed by atoms with Crippen LogP contribution >= 0.6 is 0 Å². The van der Waals surface area contributed by atoms with Crippen molar-refractivity contribution >= 4 is 16.7 Å². The second kappa shape index (κ2) is 5.30. The molecule has 0 radical (unpaired) electrons. The van der Waals surface area contributed by atoms with Crippen LogP contribution in [0.25, 0.3) is 10.8 Å². The molecule has 2 aromatic heterocycles. The van der Waals surface area contributed by atoms with E-state index in [9.17, 15) is 4.79 Å². The second-order valence-electron chi connectivity index (χ2n) is 5.62. The van der Waals surface area contributed by atoms with Crippen molar-refractivity contribution in [2.45, 2.75) is 25.4 Å². The van der Waals surface area contributed by atoms with Crippen LogP contribution in [0.5, 0.6) is 0 Å². The van der Waals surface area contributed by atoms with Crippen LogP contribution in [0.3, 0.4) is 0 Å². The Morgan fingerprint density at radius 1 is 1.18 bits per heavy atom. The smallest absolute Gasteiger partial charge is 0.273 e. The van der Waals surface area contributed by atoms with Gasteiger partial charge >= 0.3 is 0 Å². The number of hydrogen-bond acceptors (Lipinski definition) is 3. The molecule has 2 heterocycles. The number of pyridine rings is 1. The summed E-state index contributed by atoms with van der Waals surface area (Å²) >= 11 is 0. The van der Waals surface area contributed by atoms with E-state index in [2.05, 4.69) is 4.98 Å². The van der Waals surface area contributed by atoms with E-state index in [0.29, 0.717) is 18.3 Å². The van der Waals surface area contributed by atoms with Gasteiger partial charge in [-0.25, -0.2) is 0 Å². The number of aromatic nitrogens is 1. The first kappa shape index (κ1) is 13.1. The van der Waals surface area contributed by atoms with E-state index in [1.165, 1.54) is 0 Å². The van der Waals surface area contributed by atoms with Gasteiger partial charge in [-0.3, -0.25) is 9.78 Å². The van der Waals surface area contributed by atoms with Crippen molar-refractivity contribution in [3.05, 3.63) is 66.4 Å². The third kappa shape index (κ3) is 2.37. The van der Waals surface area contributed by atoms with Crippen LogP contribution in [0.2, 0.25) is 0 Å². The van der Waals surface area contributed by atoms with Crippen LogP contribution in [0, 0.1) is 0 Å². The number of rotatable bonds is 4. The van der Waals surface area contributed by atoms with Crippen LogP contribution in [0.15, 0.2) is 59.3 Å². The summed E-state index contributed by atoms with van der Waals surface area (Å²) in [4.78, 5) is 19.2. The highest BCUT2D eigenvalue weighted by molar-refractivity contribution is 6.05. The predicted octanol–water partition coefficient (Wildman–Crippen LogP) is 3.63. The van der Waals surface area contributed by atoms with Crippen molar-refractivity contribution in [3.8, 4) is 0 Å². The SMILES string of the molecule is O=C(c1nccc2ccccc12)N(Cc1ccco1)C1CC1. The Labute approximate surface area is 128 Å². The van der Waals surface area contributed by atoms with Gasteiger partial charge < -0.3 is 9.32 Å². The van der Waals surface area contributed by atoms with Crippen molar-refractivity contribution in [2.75, 3.05) is 0 Å². The minimum absolute atomic E-state index is 0.0179. The molecule has 0 aliphatic heterocycles. The molecule has 1 aromatic carbocycles. The summed E-state index contributed by atoms with van der Waals surface area (Å²) < 4.78 is 5.40. The molecule has 1 saturated carbocycles. The van der Waals surface area contributed by atoms with E-state index in [4.69, 9.17) is 4.42 Å². The number of carbonyl (C=O) groups is 1. The molecule has 0 atom stereocenters. The quantitative estimate of drug-likeness (QED) is 0.737. The van der Waals surface area contributed by atoms with Crippen molar-refractivity contribution in [1.82, 2.24) is 9.88 Å². The molecule has 1 amide bonds. The van der Waals surface area contributed by atoms with Crippen LogP contribution < -0.4 is 0 Å². The highest BCUT2D eigenvalue weighted by Crippen LogP contribution is 2.30. The molecular formula is C18H16N2O2. The normalized spacial score (nSPS) is 14.2. The van der Waals surface area contributed by atoms with Crippen molar-refractivity contribution in [2.24, 2.45) is 0 Å². The minimum Gasteiger partial charge on any atom is -0.467 e. The van der Waals surface area contributed by atoms with E-state index >= 15 is 0 Å². The summed E-state index contributed by atoms with van der Waals surface area (Å²) in [6.45, 7) is 0.501. The largest absolute Gasteiger partial charge is 0.467 e. The van der Waals surface area contributed by atoms with Crippen LogP contribution in [0.1, 0.15) is 29.1 Å². The lowest BCUT2D eigenvalue weighted by molar-refractivity contribution is 0.0714. The van der Waals surface area contributed by atoms with Crippen molar-refractivity contribution in [1.29, 1.82) is 0 Å². The second-order valence-corrected chi connectivity index (χ2v) is 5.62. The van der Waals surface area contributed by atoms with Gasteiger partial charge in [-0.15, -0.1) is 0 Å². The first-order valence-corrected chi connectivity index (χ1v) is 7.50. The maximum absolute atomic E-state index is 13.0. The highest BCUT2D eigenvalue weighted by atomic mass is 16.3. The fourth-order valence-corrected chi connectivity index (χ4v) is 2.75. The average Bonchev–Trinajstić information content (AvgIpc) is 3.27. The van der Waals surface area contributed by atoms with Gasteiger partial charge in [0.05, 0.1) is 12.8 Å². The number of fused-ring (bicyclic) bond motifs is 1. The van der Waals surface area contributed by atoms with Gasteiger partial charge in [0.1, 0.15) is 11.5 Å². The Hall–Kier alpha value is -2.62. The molecule has 1 aliphatic carbocycles. The van der Waals surface area contributed by atoms with Gasteiger partial charge in [-0.2, -0.15) is 0 Å². The standard InChI is InChI=1S/C18H16N2O2/c21-18(17-16-6-2-1-4-13(16)9-10-19-17)20(14-7-8-14)12-15-5-3-11-22-15/h1-6,9-11,14H,7-8,12H2. The molecule has 0 unspecified atom stereocenters. The molecule has 4 rings (SSSR count). The highest BCUT2D eigenvalue weighted by Gasteiger charge is 2.34. The Bertz CT molecular complexity index is 802. The molecule has 4 nitrogen and oxygen atoms in total. The van der Waals surface area contributed by atoms with Crippen molar-refractivity contribution in [3.63, 3.8) is 0 Å². The van der Waals surface area contributed by atoms with Crippen molar-refractivity contribution < 1.29 is 9.21 Å². The van der Waals surface area contributed by atoms with E-state index in [1.54, 1.807) is 12.5 Å². The molecular weight excluding hydrogens is 276 g/mol. The molecule has 3 aromatic rings. The Morgan fingerprint density at radius 3 is 2.82 bits per heavy atom. The fraction of sp³-hybridized carbons (Fsp3) is 0.222. The number of carbonyl (C=O) groups excluding carboxylic acids is 1. The lowest BCUT2D eigenvalue weighted by Crippen LogP contribution is -2.33. The van der Waals surface area contributed by atoms with E-state index in [1.807, 2.05) is 47.4 Å². The summed E-state index contributed by atoms with van der Waals surface area (Å²) in [7, 11) is 0. The average molecular weight is 292 g/mol. The van der Waals surface area contributed by atoms with Crippen LogP contribution in [-0.2, 0) is 6.54 Å². The summed E-state index contributed by atoms with van der Waals surface area (Å²) in [6, 6.07) is 13.8. The van der Waals surface area contributed by atoms with Gasteiger partial charge in [-0.1, -0.05) is 24.3 Å². The van der Waals surface area contributed by atoms with E-state index in [-0.39, 0.29) is 5.91 Å². The van der Waals surface area contributed by atoms with Gasteiger partial charge in [0, 0.05) is 17.6 Å². The lowest BCUT2D eigenvalue weighted by atomic mass is 10.1. The molecule has 1 fully saturated rings. The fourth-order valence-electron chi connectivity index (χ4n) is 2.75. The maximum atomic E-state index is 13.0. The zero-order chi connectivity index (χ0) is 14.9. The van der Waals surface area contributed by atoms with Gasteiger partial charge in [0.15, 0.2) is 0 Å².